The summed E-state index contributed by atoms with van der Waals surface area (Å²) < 4.78 is 4.94. The summed E-state index contributed by atoms with van der Waals surface area (Å²) in [6.45, 7) is 6.09. The third kappa shape index (κ3) is 6.76. The van der Waals surface area contributed by atoms with Crippen LogP contribution in [0.15, 0.2) is 11.6 Å². The Morgan fingerprint density at radius 3 is 1.81 bits per heavy atom. The molecule has 0 spiro atoms. The predicted molar refractivity (Wildman–Crippen MR) is 79.1 cm³/mol. The number of hydrogen-bond donors (Lipinski definition) is 2. The van der Waals surface area contributed by atoms with E-state index < -0.39 is 11.9 Å². The molecule has 120 valence electrons. The molecule has 0 aromatic carbocycles. The zero-order valence-electron chi connectivity index (χ0n) is 12.9. The molecule has 5 nitrogen and oxygen atoms in total. The van der Waals surface area contributed by atoms with Crippen LogP contribution in [0, 0.1) is 17.8 Å². The highest BCUT2D eigenvalue weighted by Gasteiger charge is 2.30. The van der Waals surface area contributed by atoms with E-state index in [-0.39, 0.29) is 5.92 Å². The molecule has 0 aromatic rings. The number of allylic oxidation sites excluding steroid dienone is 1. The van der Waals surface area contributed by atoms with Crippen LogP contribution in [0.4, 0.5) is 0 Å². The van der Waals surface area contributed by atoms with Gasteiger partial charge in [0.15, 0.2) is 0 Å². The molecule has 1 unspecified atom stereocenters. The zero-order chi connectivity index (χ0) is 15.8. The van der Waals surface area contributed by atoms with Crippen molar-refractivity contribution in [1.29, 1.82) is 0 Å². The number of ether oxygens (including phenoxy) is 1. The lowest BCUT2D eigenvalue weighted by Gasteiger charge is -2.28. The first-order valence-corrected chi connectivity index (χ1v) is 7.64. The van der Waals surface area contributed by atoms with Crippen LogP contribution in [-0.4, -0.2) is 35.4 Å². The number of carboxylic acids is 2. The fourth-order valence-corrected chi connectivity index (χ4v) is 2.43. The van der Waals surface area contributed by atoms with E-state index >= 15 is 0 Å². The molecule has 5 heteroatoms. The molecule has 0 radical (unpaired) electrons. The summed E-state index contributed by atoms with van der Waals surface area (Å²) >= 11 is 0. The summed E-state index contributed by atoms with van der Waals surface area (Å²) in [6, 6.07) is 0. The van der Waals surface area contributed by atoms with E-state index in [2.05, 4.69) is 6.92 Å². The molecule has 1 saturated carbocycles. The smallest absolute Gasteiger partial charge is 0.331 e. The Bertz CT molecular complexity index is 371. The summed E-state index contributed by atoms with van der Waals surface area (Å²) in [5.41, 5.74) is 0.567. The SMILES string of the molecule is C1CCOC1.CC1C=C(C(=O)O)C1.CC1CC(C(=O)O)C1. The molecule has 0 amide bonds. The van der Waals surface area contributed by atoms with E-state index in [0.717, 1.165) is 32.5 Å². The topological polar surface area (TPSA) is 83.8 Å². The summed E-state index contributed by atoms with van der Waals surface area (Å²) in [4.78, 5) is 20.2. The Morgan fingerprint density at radius 2 is 1.67 bits per heavy atom. The molecule has 2 N–H and O–H groups in total. The Labute approximate surface area is 126 Å². The van der Waals surface area contributed by atoms with Gasteiger partial charge in [0.25, 0.3) is 0 Å². The molecule has 2 fully saturated rings. The summed E-state index contributed by atoms with van der Waals surface area (Å²) in [6.07, 6.45) is 6.85. The Kier molecular flexibility index (Phi) is 7.43. The molecule has 3 aliphatic rings. The van der Waals surface area contributed by atoms with Crippen LogP contribution < -0.4 is 0 Å². The van der Waals surface area contributed by atoms with Crippen LogP contribution >= 0.6 is 0 Å². The van der Waals surface area contributed by atoms with E-state index in [1.54, 1.807) is 6.08 Å². The van der Waals surface area contributed by atoms with Gasteiger partial charge in [0.05, 0.1) is 5.92 Å². The maximum atomic E-state index is 10.1. The fraction of sp³-hybridized carbons (Fsp3) is 0.750. The van der Waals surface area contributed by atoms with Crippen molar-refractivity contribution in [3.63, 3.8) is 0 Å². The molecule has 0 bridgehead atoms. The lowest BCUT2D eigenvalue weighted by molar-refractivity contribution is -0.146. The maximum Gasteiger partial charge on any atom is 0.331 e. The van der Waals surface area contributed by atoms with Crippen LogP contribution in [0.2, 0.25) is 0 Å². The molecule has 3 rings (SSSR count). The number of carbonyl (C=O) groups is 2. The van der Waals surface area contributed by atoms with E-state index in [9.17, 15) is 9.59 Å². The molecule has 21 heavy (non-hydrogen) atoms. The van der Waals surface area contributed by atoms with Gasteiger partial charge in [-0.15, -0.1) is 0 Å². The van der Waals surface area contributed by atoms with Crippen LogP contribution in [0.3, 0.4) is 0 Å². The second kappa shape index (κ2) is 8.82. The highest BCUT2D eigenvalue weighted by Crippen LogP contribution is 2.32. The van der Waals surface area contributed by atoms with Crippen molar-refractivity contribution >= 4 is 11.9 Å². The van der Waals surface area contributed by atoms with Crippen molar-refractivity contribution in [3.05, 3.63) is 11.6 Å². The van der Waals surface area contributed by atoms with Gasteiger partial charge in [-0.3, -0.25) is 4.79 Å². The third-order valence-corrected chi connectivity index (χ3v) is 3.85. The molecular weight excluding hydrogens is 272 g/mol. The number of carboxylic acid groups (broad SMARTS) is 2. The van der Waals surface area contributed by atoms with Crippen molar-refractivity contribution in [2.75, 3.05) is 13.2 Å². The van der Waals surface area contributed by atoms with Crippen molar-refractivity contribution in [3.8, 4) is 0 Å². The summed E-state index contributed by atoms with van der Waals surface area (Å²) in [7, 11) is 0. The minimum Gasteiger partial charge on any atom is -0.481 e. The van der Waals surface area contributed by atoms with Gasteiger partial charge in [-0.25, -0.2) is 4.79 Å². The Balaban J connectivity index is 0.000000162. The minimum absolute atomic E-state index is 0.0231. The van der Waals surface area contributed by atoms with E-state index in [4.69, 9.17) is 14.9 Å². The van der Waals surface area contributed by atoms with E-state index in [1.807, 2.05) is 6.92 Å². The van der Waals surface area contributed by atoms with Gasteiger partial charge in [0, 0.05) is 18.8 Å². The van der Waals surface area contributed by atoms with E-state index in [1.165, 1.54) is 12.8 Å². The maximum absolute atomic E-state index is 10.1. The van der Waals surface area contributed by atoms with Crippen molar-refractivity contribution in [2.24, 2.45) is 17.8 Å². The van der Waals surface area contributed by atoms with Gasteiger partial charge in [-0.2, -0.15) is 0 Å². The Hall–Kier alpha value is -1.36. The first-order chi connectivity index (χ1) is 9.90. The highest BCUT2D eigenvalue weighted by molar-refractivity contribution is 5.88. The van der Waals surface area contributed by atoms with Gasteiger partial charge in [-0.05, 0) is 43.9 Å². The quantitative estimate of drug-likeness (QED) is 0.819. The van der Waals surface area contributed by atoms with Crippen LogP contribution in [-0.2, 0) is 14.3 Å². The molecule has 1 heterocycles. The highest BCUT2D eigenvalue weighted by atomic mass is 16.5. The summed E-state index contributed by atoms with van der Waals surface area (Å²) in [5.74, 6) is -0.270. The first-order valence-electron chi connectivity index (χ1n) is 7.64. The molecule has 2 aliphatic carbocycles. The average Bonchev–Trinajstić information content (AvgIpc) is 2.90. The van der Waals surface area contributed by atoms with Gasteiger partial charge in [-0.1, -0.05) is 19.9 Å². The van der Waals surface area contributed by atoms with Gasteiger partial charge >= 0.3 is 11.9 Å². The zero-order valence-corrected chi connectivity index (χ0v) is 12.9. The van der Waals surface area contributed by atoms with E-state index in [0.29, 0.717) is 17.4 Å². The molecule has 1 aliphatic heterocycles. The van der Waals surface area contributed by atoms with Gasteiger partial charge < -0.3 is 14.9 Å². The summed E-state index contributed by atoms with van der Waals surface area (Å²) in [5, 5.41) is 16.6. The largest absolute Gasteiger partial charge is 0.481 e. The van der Waals surface area contributed by atoms with Gasteiger partial charge in [0.2, 0.25) is 0 Å². The Morgan fingerprint density at radius 1 is 1.14 bits per heavy atom. The second-order valence-corrected chi connectivity index (χ2v) is 6.11. The standard InChI is InChI=1S/C6H10O2.C6H8O2.C4H8O/c2*1-4-2-5(3-4)6(7)8;1-2-4-5-3-1/h4-5H,2-3H2,1H3,(H,7,8);2,4H,3H2,1H3,(H,7,8);1-4H2. The number of aliphatic carboxylic acids is 2. The lowest BCUT2D eigenvalue weighted by Crippen LogP contribution is -2.28. The monoisotopic (exact) mass is 298 g/mol. The number of hydrogen-bond acceptors (Lipinski definition) is 3. The first kappa shape index (κ1) is 17.7. The van der Waals surface area contributed by atoms with Crippen molar-refractivity contribution in [1.82, 2.24) is 0 Å². The molecule has 0 aromatic heterocycles. The van der Waals surface area contributed by atoms with Crippen LogP contribution in [0.5, 0.6) is 0 Å². The normalized spacial score (nSPS) is 29.4. The second-order valence-electron chi connectivity index (χ2n) is 6.11. The molecule has 1 saturated heterocycles. The average molecular weight is 298 g/mol. The van der Waals surface area contributed by atoms with Crippen LogP contribution in [0.25, 0.3) is 0 Å². The minimum atomic E-state index is -0.761. The fourth-order valence-electron chi connectivity index (χ4n) is 2.43. The van der Waals surface area contributed by atoms with Crippen molar-refractivity contribution < 1.29 is 24.5 Å². The number of rotatable bonds is 2. The predicted octanol–water partition coefficient (Wildman–Crippen LogP) is 2.95. The molecule has 1 atom stereocenters. The van der Waals surface area contributed by atoms with Crippen molar-refractivity contribution in [2.45, 2.75) is 46.0 Å². The lowest BCUT2D eigenvalue weighted by atomic mass is 9.76. The third-order valence-electron chi connectivity index (χ3n) is 3.85. The molecular formula is C16H26O5. The van der Waals surface area contributed by atoms with Gasteiger partial charge in [0.1, 0.15) is 0 Å². The van der Waals surface area contributed by atoms with Crippen LogP contribution in [0.1, 0.15) is 46.0 Å².